The van der Waals surface area contributed by atoms with Gasteiger partial charge in [0.05, 0.1) is 11.9 Å². The van der Waals surface area contributed by atoms with Crippen LogP contribution >= 0.6 is 0 Å². The van der Waals surface area contributed by atoms with Gasteiger partial charge in [0.1, 0.15) is 5.69 Å². The second-order valence-corrected chi connectivity index (χ2v) is 6.41. The van der Waals surface area contributed by atoms with Crippen LogP contribution in [0, 0.1) is 6.92 Å². The standard InChI is InChI=1S/C18H20N6O/c1-13-10-21-16(11-20-13)18-22-17(23-25-18)15-4-8-24(9-5-15)12-14-2-6-19-7-3-14/h2-3,6-7,10-11,15H,4-5,8-9,12H2,1H3. The van der Waals surface area contributed by atoms with Crippen LogP contribution in [0.1, 0.15) is 35.8 Å². The molecule has 0 N–H and O–H groups in total. The van der Waals surface area contributed by atoms with E-state index in [1.54, 1.807) is 12.4 Å². The molecule has 0 bridgehead atoms. The summed E-state index contributed by atoms with van der Waals surface area (Å²) in [4.78, 5) is 19.6. The van der Waals surface area contributed by atoms with Gasteiger partial charge in [-0.3, -0.25) is 14.9 Å². The highest BCUT2D eigenvalue weighted by atomic mass is 16.5. The van der Waals surface area contributed by atoms with Crippen LogP contribution in [0.15, 0.2) is 41.4 Å². The fourth-order valence-electron chi connectivity index (χ4n) is 3.10. The zero-order chi connectivity index (χ0) is 17.1. The lowest BCUT2D eigenvalue weighted by Crippen LogP contribution is -2.32. The van der Waals surface area contributed by atoms with Gasteiger partial charge < -0.3 is 4.52 Å². The summed E-state index contributed by atoms with van der Waals surface area (Å²) >= 11 is 0. The quantitative estimate of drug-likeness (QED) is 0.724. The highest BCUT2D eigenvalue weighted by Crippen LogP contribution is 2.28. The van der Waals surface area contributed by atoms with Crippen LogP contribution in [-0.2, 0) is 6.54 Å². The van der Waals surface area contributed by atoms with Crippen molar-refractivity contribution in [2.24, 2.45) is 0 Å². The van der Waals surface area contributed by atoms with Gasteiger partial charge in [-0.15, -0.1) is 0 Å². The third-order valence-corrected chi connectivity index (χ3v) is 4.55. The predicted molar refractivity (Wildman–Crippen MR) is 91.6 cm³/mol. The normalized spacial score (nSPS) is 16.2. The highest BCUT2D eigenvalue weighted by molar-refractivity contribution is 5.44. The average molecular weight is 336 g/mol. The number of hydrogen-bond acceptors (Lipinski definition) is 7. The zero-order valence-electron chi connectivity index (χ0n) is 14.2. The molecule has 4 heterocycles. The summed E-state index contributed by atoms with van der Waals surface area (Å²) in [6.45, 7) is 4.92. The fourth-order valence-corrected chi connectivity index (χ4v) is 3.10. The molecule has 0 saturated carbocycles. The molecule has 1 aliphatic rings. The van der Waals surface area contributed by atoms with Gasteiger partial charge in [-0.1, -0.05) is 5.16 Å². The monoisotopic (exact) mass is 336 g/mol. The van der Waals surface area contributed by atoms with Gasteiger partial charge in [-0.25, -0.2) is 4.98 Å². The van der Waals surface area contributed by atoms with Crippen LogP contribution < -0.4 is 0 Å². The molecule has 4 rings (SSSR count). The summed E-state index contributed by atoms with van der Waals surface area (Å²) in [5, 5.41) is 4.17. The van der Waals surface area contributed by atoms with Gasteiger partial charge in [-0.2, -0.15) is 4.98 Å². The van der Waals surface area contributed by atoms with E-state index in [-0.39, 0.29) is 0 Å². The molecule has 0 unspecified atom stereocenters. The summed E-state index contributed by atoms with van der Waals surface area (Å²) in [6, 6.07) is 4.14. The maximum Gasteiger partial charge on any atom is 0.278 e. The van der Waals surface area contributed by atoms with Gasteiger partial charge in [0, 0.05) is 31.1 Å². The maximum absolute atomic E-state index is 5.38. The van der Waals surface area contributed by atoms with Crippen molar-refractivity contribution in [3.05, 3.63) is 54.0 Å². The lowest BCUT2D eigenvalue weighted by atomic mass is 9.96. The summed E-state index contributed by atoms with van der Waals surface area (Å²) in [6.07, 6.45) is 9.13. The van der Waals surface area contributed by atoms with E-state index in [4.69, 9.17) is 4.52 Å². The Morgan fingerprint density at radius 1 is 1.12 bits per heavy atom. The molecule has 7 nitrogen and oxygen atoms in total. The molecule has 0 spiro atoms. The van der Waals surface area contributed by atoms with Gasteiger partial charge in [-0.05, 0) is 50.6 Å². The molecular formula is C18H20N6O. The molecule has 3 aromatic heterocycles. The maximum atomic E-state index is 5.38. The zero-order valence-corrected chi connectivity index (χ0v) is 14.2. The summed E-state index contributed by atoms with van der Waals surface area (Å²) in [5.41, 5.74) is 2.79. The van der Waals surface area contributed by atoms with Crippen LogP contribution in [0.4, 0.5) is 0 Å². The first-order chi connectivity index (χ1) is 12.3. The molecule has 128 valence electrons. The van der Waals surface area contributed by atoms with Crippen molar-refractivity contribution >= 4 is 0 Å². The number of hydrogen-bond donors (Lipinski definition) is 0. The van der Waals surface area contributed by atoms with E-state index in [0.717, 1.165) is 44.0 Å². The second-order valence-electron chi connectivity index (χ2n) is 6.41. The van der Waals surface area contributed by atoms with Crippen molar-refractivity contribution < 1.29 is 4.52 Å². The Balaban J connectivity index is 1.37. The third-order valence-electron chi connectivity index (χ3n) is 4.55. The van der Waals surface area contributed by atoms with E-state index in [1.165, 1.54) is 5.56 Å². The van der Waals surface area contributed by atoms with Gasteiger partial charge >= 0.3 is 0 Å². The van der Waals surface area contributed by atoms with E-state index >= 15 is 0 Å². The van der Waals surface area contributed by atoms with Crippen LogP contribution in [0.25, 0.3) is 11.6 Å². The van der Waals surface area contributed by atoms with Gasteiger partial charge in [0.15, 0.2) is 5.82 Å². The molecule has 3 aromatic rings. The van der Waals surface area contributed by atoms with Crippen molar-refractivity contribution in [2.45, 2.75) is 32.2 Å². The van der Waals surface area contributed by atoms with E-state index in [0.29, 0.717) is 17.5 Å². The molecule has 0 atom stereocenters. The number of likely N-dealkylation sites (tertiary alicyclic amines) is 1. The Kier molecular flexibility index (Phi) is 4.47. The number of aryl methyl sites for hydroxylation is 1. The largest absolute Gasteiger partial charge is 0.332 e. The van der Waals surface area contributed by atoms with E-state index in [9.17, 15) is 0 Å². The summed E-state index contributed by atoms with van der Waals surface area (Å²) < 4.78 is 5.38. The molecule has 7 heteroatoms. The first kappa shape index (κ1) is 15.8. The molecule has 1 fully saturated rings. The van der Waals surface area contributed by atoms with Gasteiger partial charge in [0.2, 0.25) is 0 Å². The van der Waals surface area contributed by atoms with Crippen LogP contribution in [0.3, 0.4) is 0 Å². The number of aromatic nitrogens is 5. The van der Waals surface area contributed by atoms with Gasteiger partial charge in [0.25, 0.3) is 5.89 Å². The number of pyridine rings is 1. The Morgan fingerprint density at radius 3 is 2.64 bits per heavy atom. The SMILES string of the molecule is Cc1cnc(-c2nc(C3CCN(Cc4ccncc4)CC3)no2)cn1. The van der Waals surface area contributed by atoms with Crippen LogP contribution in [0.5, 0.6) is 0 Å². The fraction of sp³-hybridized carbons (Fsp3) is 0.389. The molecule has 1 aliphatic heterocycles. The smallest absolute Gasteiger partial charge is 0.278 e. The minimum atomic E-state index is 0.338. The Hall–Kier alpha value is -2.67. The van der Waals surface area contributed by atoms with Crippen molar-refractivity contribution in [3.63, 3.8) is 0 Å². The summed E-state index contributed by atoms with van der Waals surface area (Å²) in [5.74, 6) is 1.56. The first-order valence-electron chi connectivity index (χ1n) is 8.52. The molecule has 0 aliphatic carbocycles. The minimum Gasteiger partial charge on any atom is -0.332 e. The Bertz CT molecular complexity index is 809. The molecule has 0 amide bonds. The molecule has 0 aromatic carbocycles. The number of nitrogens with zero attached hydrogens (tertiary/aromatic N) is 6. The highest BCUT2D eigenvalue weighted by Gasteiger charge is 2.25. The van der Waals surface area contributed by atoms with Crippen LogP contribution in [-0.4, -0.2) is 43.1 Å². The van der Waals surface area contributed by atoms with Crippen molar-refractivity contribution in [2.75, 3.05) is 13.1 Å². The second kappa shape index (κ2) is 7.06. The van der Waals surface area contributed by atoms with E-state index in [2.05, 4.69) is 42.1 Å². The van der Waals surface area contributed by atoms with Crippen molar-refractivity contribution in [1.82, 2.24) is 30.0 Å². The van der Waals surface area contributed by atoms with E-state index in [1.807, 2.05) is 19.3 Å². The predicted octanol–water partition coefficient (Wildman–Crippen LogP) is 2.61. The molecule has 0 radical (unpaired) electrons. The first-order valence-corrected chi connectivity index (χ1v) is 8.52. The topological polar surface area (TPSA) is 80.8 Å². The van der Waals surface area contributed by atoms with Crippen LogP contribution in [0.2, 0.25) is 0 Å². The molecule has 25 heavy (non-hydrogen) atoms. The lowest BCUT2D eigenvalue weighted by molar-refractivity contribution is 0.200. The van der Waals surface area contributed by atoms with Crippen molar-refractivity contribution in [3.8, 4) is 11.6 Å². The third kappa shape index (κ3) is 3.71. The Labute approximate surface area is 146 Å². The average Bonchev–Trinajstić information content (AvgIpc) is 3.14. The lowest BCUT2D eigenvalue weighted by Gasteiger charge is -2.30. The van der Waals surface area contributed by atoms with E-state index < -0.39 is 0 Å². The molecule has 1 saturated heterocycles. The number of rotatable bonds is 4. The van der Waals surface area contributed by atoms with Crippen molar-refractivity contribution in [1.29, 1.82) is 0 Å². The Morgan fingerprint density at radius 2 is 1.92 bits per heavy atom. The summed E-state index contributed by atoms with van der Waals surface area (Å²) in [7, 11) is 0. The minimum absolute atomic E-state index is 0.338. The molecular weight excluding hydrogens is 316 g/mol. The number of piperidine rings is 1.